The van der Waals surface area contributed by atoms with Crippen molar-refractivity contribution in [2.45, 2.75) is 39.0 Å². The second-order valence-corrected chi connectivity index (χ2v) is 31.4. The van der Waals surface area contributed by atoms with Gasteiger partial charge in [-0.2, -0.15) is 0 Å². The minimum atomic E-state index is -3.26. The first-order valence-corrected chi connectivity index (χ1v) is 41.1. The van der Waals surface area contributed by atoms with Crippen molar-refractivity contribution in [1.82, 2.24) is 4.98 Å². The third-order valence-corrected chi connectivity index (χ3v) is 24.1. The van der Waals surface area contributed by atoms with Crippen LogP contribution in [0.1, 0.15) is 27.8 Å². The summed E-state index contributed by atoms with van der Waals surface area (Å²) in [6.07, 6.45) is 2.08. The average Bonchev–Trinajstić information content (AvgIpc) is 1.60. The van der Waals surface area contributed by atoms with E-state index in [9.17, 15) is 13.2 Å². The molecule has 0 saturated heterocycles. The van der Waals surface area contributed by atoms with Crippen LogP contribution in [0.25, 0.3) is 76.6 Å². The van der Waals surface area contributed by atoms with Crippen LogP contribution in [0.15, 0.2) is 429 Å². The highest BCUT2D eigenvalue weighted by molar-refractivity contribution is 7.99. The molecule has 0 radical (unpaired) electrons. The molecule has 11 nitrogen and oxygen atoms in total. The maximum absolute atomic E-state index is 12.1. The van der Waals surface area contributed by atoms with Gasteiger partial charge in [-0.25, -0.2) is 13.2 Å². The summed E-state index contributed by atoms with van der Waals surface area (Å²) >= 11 is 1.82. The zero-order valence-corrected chi connectivity index (χ0v) is 65.1. The zero-order valence-electron chi connectivity index (χ0n) is 63.5. The maximum Gasteiger partial charge on any atom is 0.344 e. The number of nitrogens with one attached hydrogen (secondary N) is 5. The summed E-state index contributed by atoms with van der Waals surface area (Å²) < 4.78 is 40.7. The summed E-state index contributed by atoms with van der Waals surface area (Å²) in [5.41, 5.74) is 23.1. The lowest BCUT2D eigenvalue weighted by Gasteiger charge is -2.20. The first-order chi connectivity index (χ1) is 57.7. The third-order valence-electron chi connectivity index (χ3n) is 21.0. The molecule has 13 heteroatoms. The first-order valence-electron chi connectivity index (χ1n) is 38.8. The van der Waals surface area contributed by atoms with Crippen molar-refractivity contribution in [3.63, 3.8) is 0 Å². The average molecular weight is 1560 g/mol. The number of rotatable bonds is 0. The predicted octanol–water partition coefficient (Wildman–Crippen LogP) is 27.3. The van der Waals surface area contributed by atoms with Crippen molar-refractivity contribution in [3.05, 3.63) is 439 Å². The maximum atomic E-state index is 12.1. The highest BCUT2D eigenvalue weighted by Crippen LogP contribution is 2.46. The van der Waals surface area contributed by atoms with E-state index in [0.717, 1.165) is 63.4 Å². The van der Waals surface area contributed by atoms with E-state index in [1.807, 2.05) is 145 Å². The van der Waals surface area contributed by atoms with Crippen molar-refractivity contribution in [2.24, 2.45) is 0 Å². The van der Waals surface area contributed by atoms with Crippen molar-refractivity contribution >= 4 is 121 Å². The Kier molecular flexibility index (Phi) is 21.2. The lowest BCUT2D eigenvalue weighted by molar-refractivity contribution is 0.302. The van der Waals surface area contributed by atoms with E-state index in [1.54, 1.807) is 30.3 Å². The molecular formula is C104H77N5O6S2. The Morgan fingerprint density at radius 2 is 0.667 bits per heavy atom. The van der Waals surface area contributed by atoms with E-state index in [0.29, 0.717) is 27.4 Å². The largest absolute Gasteiger partial charge is 0.488 e. The molecule has 117 heavy (non-hydrogen) atoms. The molecule has 0 fully saturated rings. The fourth-order valence-electron chi connectivity index (χ4n) is 15.3. The molecule has 5 N–H and O–H groups in total. The second-order valence-electron chi connectivity index (χ2n) is 28.4. The highest BCUT2D eigenvalue weighted by Gasteiger charge is 2.32. The highest BCUT2D eigenvalue weighted by atomic mass is 32.2. The van der Waals surface area contributed by atoms with E-state index in [4.69, 9.17) is 13.9 Å². The monoisotopic (exact) mass is 1560 g/mol. The molecule has 0 aliphatic carbocycles. The van der Waals surface area contributed by atoms with Crippen LogP contribution in [0.2, 0.25) is 0 Å². The van der Waals surface area contributed by atoms with Crippen molar-refractivity contribution in [1.29, 1.82) is 0 Å². The van der Waals surface area contributed by atoms with Gasteiger partial charge in [-0.1, -0.05) is 297 Å². The number of anilines is 8. The van der Waals surface area contributed by atoms with Crippen LogP contribution in [0.3, 0.4) is 0 Å². The van der Waals surface area contributed by atoms with Gasteiger partial charge in [0.2, 0.25) is 9.84 Å². The minimum absolute atomic E-state index is 0.274. The number of aromatic nitrogens is 1. The van der Waals surface area contributed by atoms with E-state index >= 15 is 0 Å². The van der Waals surface area contributed by atoms with Crippen LogP contribution in [-0.4, -0.2) is 13.4 Å². The molecule has 19 aromatic rings. The molecule has 6 aliphatic heterocycles. The van der Waals surface area contributed by atoms with Gasteiger partial charge >= 0.3 is 5.63 Å². The van der Waals surface area contributed by atoms with E-state index in [1.165, 1.54) is 115 Å². The number of ether oxygens (including phenoxy) is 2. The minimum Gasteiger partial charge on any atom is -0.488 e. The molecule has 2 aromatic heterocycles. The number of fused-ring (bicyclic) bond motifs is 22. The number of hydrogen-bond donors (Lipinski definition) is 5. The smallest absolute Gasteiger partial charge is 0.344 e. The van der Waals surface area contributed by atoms with Crippen LogP contribution in [0.4, 0.5) is 45.5 Å². The zero-order chi connectivity index (χ0) is 78.9. The Bertz CT molecular complexity index is 6260. The molecule has 0 amide bonds. The molecule has 0 saturated carbocycles. The van der Waals surface area contributed by atoms with Gasteiger partial charge in [0.15, 0.2) is 11.5 Å². The number of hydrogen-bond acceptors (Lipinski definition) is 11. The standard InChI is InChI=1S/C16H11N.2C13H11N.C13H8O2.C13H10O.C12H9NO.C12H9NS.C12H8O2S/c1-2-6-12-11(5-1)9-10-15-16(12)13-7-3-4-8-14(13)17-15;2*1-3-7-12-10(5-1)9-11-6-2-4-8-13(11)14-12;14-13-11-7-2-1-5-9(11)10-6-3-4-8-12(10)15-13;1-2-6-11-10(5-1)9-14-13-8-4-3-7-12(11)13;2*1-3-7-11-9(5-1)13-10-6-2-4-8-12(10)14-11;13-15(14)11-7-3-1-5-9(11)10-6-2-4-8-12(10)15/h1-10,17H;2*1-8,14H,9H2;1-8H;1-8H,9H2;2*1-8,13H;1-8H. The Morgan fingerprint density at radius 1 is 0.282 bits per heavy atom. The van der Waals surface area contributed by atoms with Crippen molar-refractivity contribution in [2.75, 3.05) is 21.3 Å². The van der Waals surface area contributed by atoms with Gasteiger partial charge < -0.3 is 40.1 Å². The van der Waals surface area contributed by atoms with Crippen LogP contribution in [0.5, 0.6) is 17.2 Å². The van der Waals surface area contributed by atoms with Crippen LogP contribution < -0.4 is 36.4 Å². The van der Waals surface area contributed by atoms with Gasteiger partial charge in [0.05, 0.1) is 37.9 Å². The summed E-state index contributed by atoms with van der Waals surface area (Å²) in [4.78, 5) is 18.5. The molecule has 0 atom stereocenters. The van der Waals surface area contributed by atoms with Crippen molar-refractivity contribution < 1.29 is 22.3 Å². The Balaban J connectivity index is 0.0000000924. The summed E-state index contributed by atoms with van der Waals surface area (Å²) in [7, 11) is -3.26. The van der Waals surface area contributed by atoms with E-state index in [2.05, 4.69) is 263 Å². The van der Waals surface area contributed by atoms with Crippen LogP contribution >= 0.6 is 11.8 Å². The summed E-state index contributed by atoms with van der Waals surface area (Å²) in [5.74, 6) is 2.75. The lowest BCUT2D eigenvalue weighted by Crippen LogP contribution is -2.05. The number of para-hydroxylation sites is 13. The SMILES string of the molecule is O=S1(=O)c2ccccc2-c2ccccc21.O=c1oc2ccccc2c2ccccc12.c1ccc2c(c1)COc1ccccc1-2.c1ccc2c(c1)Cc1ccccc1N2.c1ccc2c(c1)Cc1ccccc1N2.c1ccc2c(c1)Nc1ccccc1O2.c1ccc2c(c1)Nc1ccccc1S2.c1ccc2c(c1)ccc1[nH]c3ccccc3c12. The van der Waals surface area contributed by atoms with Crippen LogP contribution in [0, 0.1) is 0 Å². The van der Waals surface area contributed by atoms with Gasteiger partial charge in [0.25, 0.3) is 0 Å². The Morgan fingerprint density at radius 3 is 1.23 bits per heavy atom. The summed E-state index contributed by atoms with van der Waals surface area (Å²) in [5, 5.41) is 21.4. The molecule has 6 aliphatic rings. The topological polar surface area (TPSA) is 147 Å². The summed E-state index contributed by atoms with van der Waals surface area (Å²) in [6.45, 7) is 0.688. The Labute approximate surface area is 682 Å². The molecule has 0 unspecified atom stereocenters. The van der Waals surface area contributed by atoms with Gasteiger partial charge in [0, 0.05) is 89.3 Å². The van der Waals surface area contributed by atoms with Crippen LogP contribution in [-0.2, 0) is 29.3 Å². The van der Waals surface area contributed by atoms with Gasteiger partial charge in [-0.05, 0) is 165 Å². The van der Waals surface area contributed by atoms with E-state index < -0.39 is 9.84 Å². The fraction of sp³-hybridized carbons (Fsp3) is 0.0288. The number of sulfone groups is 1. The van der Waals surface area contributed by atoms with Gasteiger partial charge in [0.1, 0.15) is 17.9 Å². The normalized spacial score (nSPS) is 12.5. The number of benzene rings is 17. The molecule has 8 heterocycles. The Hall–Kier alpha value is -14.6. The predicted molar refractivity (Wildman–Crippen MR) is 481 cm³/mol. The van der Waals surface area contributed by atoms with Gasteiger partial charge in [-0.15, -0.1) is 0 Å². The molecule has 0 bridgehead atoms. The third kappa shape index (κ3) is 15.8. The second kappa shape index (κ2) is 33.6. The van der Waals surface area contributed by atoms with E-state index in [-0.39, 0.29) is 5.63 Å². The molecule has 566 valence electrons. The van der Waals surface area contributed by atoms with Gasteiger partial charge in [-0.3, -0.25) is 0 Å². The summed E-state index contributed by atoms with van der Waals surface area (Å²) in [6, 6.07) is 134. The molecule has 25 rings (SSSR count). The number of H-pyrrole nitrogens is 1. The quantitative estimate of drug-likeness (QED) is 0.0730. The lowest BCUT2D eigenvalue weighted by atomic mass is 9.97. The molecule has 0 spiro atoms. The number of aromatic amines is 1. The van der Waals surface area contributed by atoms with Crippen molar-refractivity contribution in [3.8, 4) is 39.5 Å². The first kappa shape index (κ1) is 73.8. The molecular weight excluding hydrogens is 1480 g/mol. The molecule has 17 aromatic carbocycles. The fourth-order valence-corrected chi connectivity index (χ4v) is 18.0.